The van der Waals surface area contributed by atoms with Gasteiger partial charge in [0, 0.05) is 24.8 Å². The molecule has 2 aromatic rings. The molecule has 102 valence electrons. The van der Waals surface area contributed by atoms with E-state index in [9.17, 15) is 0 Å². The standard InChI is InChI=1S/C14H16N6/c1-10-12(8-18-19(10)2)13-4-3-5-20(13)14-9-16-11(6-15)7-17-14/h7-9,13H,3-5H2,1-2H3. The van der Waals surface area contributed by atoms with Gasteiger partial charge in [0.1, 0.15) is 11.9 Å². The van der Waals surface area contributed by atoms with Crippen molar-refractivity contribution in [2.75, 3.05) is 11.4 Å². The van der Waals surface area contributed by atoms with Crippen LogP contribution in [0.25, 0.3) is 0 Å². The van der Waals surface area contributed by atoms with Gasteiger partial charge in [0.05, 0.1) is 24.6 Å². The van der Waals surface area contributed by atoms with Crippen LogP contribution in [0.1, 0.15) is 35.8 Å². The Labute approximate surface area is 117 Å². The van der Waals surface area contributed by atoms with E-state index in [0.717, 1.165) is 25.2 Å². The predicted molar refractivity (Wildman–Crippen MR) is 74.0 cm³/mol. The first-order valence-electron chi connectivity index (χ1n) is 6.68. The molecule has 6 heteroatoms. The quantitative estimate of drug-likeness (QED) is 0.829. The molecule has 0 aliphatic carbocycles. The van der Waals surface area contributed by atoms with E-state index in [1.165, 1.54) is 17.5 Å². The SMILES string of the molecule is Cc1c(C2CCCN2c2cnc(C#N)cn2)cnn1C. The molecule has 1 aliphatic heterocycles. The van der Waals surface area contributed by atoms with Gasteiger partial charge in [-0.2, -0.15) is 10.4 Å². The molecule has 0 amide bonds. The Hall–Kier alpha value is -2.42. The first kappa shape index (κ1) is 12.6. The highest BCUT2D eigenvalue weighted by Crippen LogP contribution is 2.35. The van der Waals surface area contributed by atoms with Crippen molar-refractivity contribution in [2.24, 2.45) is 7.05 Å². The minimum absolute atomic E-state index is 0.297. The molecular formula is C14H16N6. The molecule has 0 bridgehead atoms. The number of aromatic nitrogens is 4. The summed E-state index contributed by atoms with van der Waals surface area (Å²) in [4.78, 5) is 10.7. The third kappa shape index (κ3) is 2.01. The average molecular weight is 268 g/mol. The molecule has 1 aliphatic rings. The van der Waals surface area contributed by atoms with Crippen LogP contribution in [0.15, 0.2) is 18.6 Å². The Bertz CT molecular complexity index is 651. The van der Waals surface area contributed by atoms with Crippen molar-refractivity contribution in [3.05, 3.63) is 35.5 Å². The lowest BCUT2D eigenvalue weighted by Gasteiger charge is -2.25. The van der Waals surface area contributed by atoms with Gasteiger partial charge in [0.25, 0.3) is 0 Å². The number of hydrogen-bond donors (Lipinski definition) is 0. The summed E-state index contributed by atoms with van der Waals surface area (Å²) in [7, 11) is 1.96. The molecule has 1 saturated heterocycles. The van der Waals surface area contributed by atoms with Crippen LogP contribution in [0.4, 0.5) is 5.82 Å². The van der Waals surface area contributed by atoms with Crippen molar-refractivity contribution in [2.45, 2.75) is 25.8 Å². The highest BCUT2D eigenvalue weighted by Gasteiger charge is 2.29. The Morgan fingerprint density at radius 1 is 1.30 bits per heavy atom. The second-order valence-electron chi connectivity index (χ2n) is 5.03. The predicted octanol–water partition coefficient (Wildman–Crippen LogP) is 1.73. The molecule has 1 atom stereocenters. The Morgan fingerprint density at radius 3 is 2.75 bits per heavy atom. The summed E-state index contributed by atoms with van der Waals surface area (Å²) in [5, 5.41) is 13.1. The van der Waals surface area contributed by atoms with Gasteiger partial charge in [-0.15, -0.1) is 0 Å². The number of anilines is 1. The van der Waals surface area contributed by atoms with E-state index in [-0.39, 0.29) is 0 Å². The van der Waals surface area contributed by atoms with E-state index in [0.29, 0.717) is 11.7 Å². The molecule has 0 saturated carbocycles. The van der Waals surface area contributed by atoms with Crippen LogP contribution < -0.4 is 4.90 Å². The zero-order valence-corrected chi connectivity index (χ0v) is 11.6. The maximum absolute atomic E-state index is 8.79. The van der Waals surface area contributed by atoms with Crippen molar-refractivity contribution in [1.29, 1.82) is 5.26 Å². The van der Waals surface area contributed by atoms with Crippen molar-refractivity contribution in [3.63, 3.8) is 0 Å². The molecule has 1 unspecified atom stereocenters. The third-order valence-corrected chi connectivity index (χ3v) is 3.93. The first-order chi connectivity index (χ1) is 9.70. The lowest BCUT2D eigenvalue weighted by atomic mass is 10.1. The fraction of sp³-hybridized carbons (Fsp3) is 0.429. The van der Waals surface area contributed by atoms with Gasteiger partial charge in [0.15, 0.2) is 5.69 Å². The van der Waals surface area contributed by atoms with E-state index in [1.807, 2.05) is 24.0 Å². The van der Waals surface area contributed by atoms with Crippen molar-refractivity contribution < 1.29 is 0 Å². The van der Waals surface area contributed by atoms with Gasteiger partial charge < -0.3 is 4.90 Å². The third-order valence-electron chi connectivity index (χ3n) is 3.93. The number of aryl methyl sites for hydroxylation is 1. The number of nitriles is 1. The lowest BCUT2D eigenvalue weighted by molar-refractivity contribution is 0.693. The smallest absolute Gasteiger partial charge is 0.158 e. The number of hydrogen-bond acceptors (Lipinski definition) is 5. The van der Waals surface area contributed by atoms with E-state index < -0.39 is 0 Å². The van der Waals surface area contributed by atoms with Gasteiger partial charge in [-0.1, -0.05) is 0 Å². The summed E-state index contributed by atoms with van der Waals surface area (Å²) in [5.41, 5.74) is 2.78. The minimum atomic E-state index is 0.297. The normalized spacial score (nSPS) is 18.2. The van der Waals surface area contributed by atoms with Gasteiger partial charge in [-0.3, -0.25) is 4.68 Å². The average Bonchev–Trinajstić information content (AvgIpc) is 3.07. The highest BCUT2D eigenvalue weighted by molar-refractivity contribution is 5.43. The van der Waals surface area contributed by atoms with Gasteiger partial charge in [-0.05, 0) is 19.8 Å². The molecular weight excluding hydrogens is 252 g/mol. The maximum Gasteiger partial charge on any atom is 0.158 e. The summed E-state index contributed by atoms with van der Waals surface area (Å²) in [6.45, 7) is 3.04. The van der Waals surface area contributed by atoms with Gasteiger partial charge >= 0.3 is 0 Å². The molecule has 0 N–H and O–H groups in total. The summed E-state index contributed by atoms with van der Waals surface area (Å²) in [5.74, 6) is 0.828. The molecule has 3 heterocycles. The summed E-state index contributed by atoms with van der Waals surface area (Å²) in [6, 6.07) is 2.29. The maximum atomic E-state index is 8.79. The Morgan fingerprint density at radius 2 is 2.15 bits per heavy atom. The summed E-state index contributed by atoms with van der Waals surface area (Å²) >= 11 is 0. The lowest BCUT2D eigenvalue weighted by Crippen LogP contribution is -2.24. The fourth-order valence-corrected chi connectivity index (χ4v) is 2.73. The van der Waals surface area contributed by atoms with Gasteiger partial charge in [0.2, 0.25) is 0 Å². The minimum Gasteiger partial charge on any atom is -0.348 e. The monoisotopic (exact) mass is 268 g/mol. The highest BCUT2D eigenvalue weighted by atomic mass is 15.3. The summed E-state index contributed by atoms with van der Waals surface area (Å²) < 4.78 is 1.90. The number of rotatable bonds is 2. The second kappa shape index (κ2) is 4.93. The zero-order chi connectivity index (χ0) is 14.1. The molecule has 20 heavy (non-hydrogen) atoms. The van der Waals surface area contributed by atoms with E-state index in [4.69, 9.17) is 5.26 Å². The van der Waals surface area contributed by atoms with E-state index in [2.05, 4.69) is 26.9 Å². The van der Waals surface area contributed by atoms with Crippen molar-refractivity contribution in [1.82, 2.24) is 19.7 Å². The van der Waals surface area contributed by atoms with Crippen LogP contribution in [0.3, 0.4) is 0 Å². The van der Waals surface area contributed by atoms with Crippen LogP contribution in [-0.2, 0) is 7.05 Å². The fourth-order valence-electron chi connectivity index (χ4n) is 2.73. The van der Waals surface area contributed by atoms with Crippen LogP contribution >= 0.6 is 0 Å². The molecule has 2 aromatic heterocycles. The van der Waals surface area contributed by atoms with Gasteiger partial charge in [-0.25, -0.2) is 9.97 Å². The van der Waals surface area contributed by atoms with Crippen LogP contribution in [0, 0.1) is 18.3 Å². The van der Waals surface area contributed by atoms with Crippen LogP contribution in [0.2, 0.25) is 0 Å². The van der Waals surface area contributed by atoms with E-state index >= 15 is 0 Å². The summed E-state index contributed by atoms with van der Waals surface area (Å²) in [6.07, 6.45) is 7.37. The molecule has 0 spiro atoms. The molecule has 0 radical (unpaired) electrons. The largest absolute Gasteiger partial charge is 0.348 e. The molecule has 1 fully saturated rings. The Balaban J connectivity index is 1.92. The molecule has 3 rings (SSSR count). The van der Waals surface area contributed by atoms with Crippen LogP contribution in [-0.4, -0.2) is 26.3 Å². The second-order valence-corrected chi connectivity index (χ2v) is 5.03. The zero-order valence-electron chi connectivity index (χ0n) is 11.6. The topological polar surface area (TPSA) is 70.6 Å². The molecule has 0 aromatic carbocycles. The first-order valence-corrected chi connectivity index (χ1v) is 6.68. The van der Waals surface area contributed by atoms with Crippen LogP contribution in [0.5, 0.6) is 0 Å². The molecule has 6 nitrogen and oxygen atoms in total. The van der Waals surface area contributed by atoms with Crippen molar-refractivity contribution in [3.8, 4) is 6.07 Å². The Kier molecular flexibility index (Phi) is 3.11. The van der Waals surface area contributed by atoms with Crippen molar-refractivity contribution >= 4 is 5.82 Å². The van der Waals surface area contributed by atoms with E-state index in [1.54, 1.807) is 6.20 Å². The number of nitrogens with zero attached hydrogens (tertiary/aromatic N) is 6.